The Hall–Kier alpha value is -0.270. The van der Waals surface area contributed by atoms with E-state index in [1.165, 1.54) is 57.8 Å². The van der Waals surface area contributed by atoms with Crippen LogP contribution in [0.15, 0.2) is 0 Å². The van der Waals surface area contributed by atoms with Crippen molar-refractivity contribution in [3.05, 3.63) is 0 Å². The van der Waals surface area contributed by atoms with E-state index in [4.69, 9.17) is 23.2 Å². The molecule has 0 rings (SSSR count). The smallest absolute Gasteiger partial charge is 0.0758 e. The Bertz CT molecular complexity index is 301. The van der Waals surface area contributed by atoms with Gasteiger partial charge in [0.05, 0.1) is 11.1 Å². The van der Waals surface area contributed by atoms with E-state index in [0.717, 1.165) is 19.3 Å². The van der Waals surface area contributed by atoms with Crippen molar-refractivity contribution < 1.29 is 0 Å². The summed E-state index contributed by atoms with van der Waals surface area (Å²) in [4.78, 5) is 0.716. The maximum Gasteiger partial charge on any atom is 0.0758 e. The van der Waals surface area contributed by atoms with Gasteiger partial charge in [0, 0.05) is 11.8 Å². The van der Waals surface area contributed by atoms with Gasteiger partial charge in [0.15, 0.2) is 0 Å². The van der Waals surface area contributed by atoms with Crippen molar-refractivity contribution in [1.82, 2.24) is 0 Å². The second-order valence-corrected chi connectivity index (χ2v) is 6.97. The molecule has 4 heteroatoms. The van der Waals surface area contributed by atoms with Crippen LogP contribution in [-0.2, 0) is 13.5 Å². The zero-order chi connectivity index (χ0) is 17.9. The third-order valence-electron chi connectivity index (χ3n) is 4.17. The summed E-state index contributed by atoms with van der Waals surface area (Å²) in [5.41, 5.74) is 5.64. The predicted molar refractivity (Wildman–Crippen MR) is 119 cm³/mol. The molecule has 144 valence electrons. The minimum Gasteiger partial charge on any atom is -0.393 e. The molecule has 0 aliphatic rings. The molecule has 0 aliphatic heterocycles. The normalized spacial score (nSPS) is 12.1. The number of hydrogen-bond acceptors (Lipinski definition) is 2. The van der Waals surface area contributed by atoms with Crippen LogP contribution in [0.5, 0.6) is 0 Å². The fourth-order valence-electron chi connectivity index (χ4n) is 2.68. The molecule has 0 heterocycles. The molecule has 0 spiro atoms. The first-order valence-corrected chi connectivity index (χ1v) is 10.2. The molecule has 24 heavy (non-hydrogen) atoms. The highest BCUT2D eigenvalue weighted by atomic mass is 32.1. The van der Waals surface area contributed by atoms with Crippen LogP contribution in [0.2, 0.25) is 0 Å². The molecule has 0 saturated heterocycles. The second kappa shape index (κ2) is 22.7. The summed E-state index contributed by atoms with van der Waals surface area (Å²) >= 11 is 5.01. The van der Waals surface area contributed by atoms with Crippen LogP contribution < -0.4 is 5.73 Å². The number of rotatable bonds is 13. The molecule has 2 unspecified atom stereocenters. The quantitative estimate of drug-likeness (QED) is 0.245. The molecule has 0 aliphatic carbocycles. The highest BCUT2D eigenvalue weighted by Crippen LogP contribution is 2.16. The first-order valence-electron chi connectivity index (χ1n) is 9.76. The minimum atomic E-state index is 0. The Kier molecular flexibility index (Phi) is 27.0. The summed E-state index contributed by atoms with van der Waals surface area (Å²) in [5.74, 6) is 0.822. The van der Waals surface area contributed by atoms with Gasteiger partial charge < -0.3 is 5.73 Å². The lowest BCUT2D eigenvalue weighted by atomic mass is 9.97. The second-order valence-electron chi connectivity index (χ2n) is 6.49. The molecular formula is C20H43N2S2+. The van der Waals surface area contributed by atoms with Crippen molar-refractivity contribution in [3.63, 3.8) is 0 Å². The van der Waals surface area contributed by atoms with Crippen LogP contribution in [0.4, 0.5) is 0 Å². The third kappa shape index (κ3) is 19.8. The van der Waals surface area contributed by atoms with Crippen LogP contribution >= 0.6 is 12.2 Å². The Balaban J connectivity index is -0.000000354. The first-order chi connectivity index (χ1) is 11.1. The van der Waals surface area contributed by atoms with Gasteiger partial charge in [-0.3, -0.25) is 0 Å². The lowest BCUT2D eigenvalue weighted by molar-refractivity contribution is 0.511. The summed E-state index contributed by atoms with van der Waals surface area (Å²) in [7, 11) is 0. The molecular weight excluding hydrogens is 332 g/mol. The highest BCUT2D eigenvalue weighted by molar-refractivity contribution is 7.80. The van der Waals surface area contributed by atoms with Gasteiger partial charge in [-0.25, -0.2) is 0 Å². The van der Waals surface area contributed by atoms with Crippen molar-refractivity contribution in [1.29, 1.82) is 5.26 Å². The molecule has 0 bridgehead atoms. The Morgan fingerprint density at radius 3 is 1.71 bits per heavy atom. The summed E-state index contributed by atoms with van der Waals surface area (Å²) < 4.78 is 0. The topological polar surface area (TPSA) is 49.8 Å². The minimum absolute atomic E-state index is 0. The van der Waals surface area contributed by atoms with E-state index in [9.17, 15) is 0 Å². The van der Waals surface area contributed by atoms with Gasteiger partial charge in [-0.05, 0) is 25.7 Å². The maximum absolute atomic E-state index is 8.71. The van der Waals surface area contributed by atoms with Gasteiger partial charge in [0.2, 0.25) is 0 Å². The predicted octanol–water partition coefficient (Wildman–Crippen LogP) is 5.97. The fraction of sp³-hybridized carbons (Fsp3) is 0.900. The molecule has 2 N–H and O–H groups in total. The standard InChI is InChI=1S/C10H21NS.C10H19N.H2S/c1-3-5-6-8-9(7-4-2)10(11)12;1-3-5-6-8-10(9-11)7-4-2;/h9H,3-8H2,1-2H3,(H2,11,12);10H,3-8H2,1-2H3;1H2/p+1. The van der Waals surface area contributed by atoms with Gasteiger partial charge in [0.25, 0.3) is 0 Å². The van der Waals surface area contributed by atoms with Crippen molar-refractivity contribution in [2.45, 2.75) is 105 Å². The van der Waals surface area contributed by atoms with Crippen LogP contribution in [0.1, 0.15) is 105 Å². The highest BCUT2D eigenvalue weighted by Gasteiger charge is 2.09. The number of hydrogen-bond donors (Lipinski definition) is 1. The molecule has 0 amide bonds. The lowest BCUT2D eigenvalue weighted by Crippen LogP contribution is -2.20. The monoisotopic (exact) mass is 375 g/mol. The zero-order valence-electron chi connectivity index (χ0n) is 16.7. The van der Waals surface area contributed by atoms with E-state index in [1.807, 2.05) is 0 Å². The Morgan fingerprint density at radius 2 is 1.33 bits per heavy atom. The van der Waals surface area contributed by atoms with E-state index in [2.05, 4.69) is 33.8 Å². The summed E-state index contributed by atoms with van der Waals surface area (Å²) in [6.45, 7) is 8.74. The van der Waals surface area contributed by atoms with E-state index in [-0.39, 0.29) is 13.5 Å². The van der Waals surface area contributed by atoms with Crippen LogP contribution in [0.3, 0.4) is 0 Å². The maximum atomic E-state index is 8.71. The number of unbranched alkanes of at least 4 members (excludes halogenated alkanes) is 4. The Morgan fingerprint density at radius 1 is 0.833 bits per heavy atom. The zero-order valence-corrected chi connectivity index (χ0v) is 18.6. The van der Waals surface area contributed by atoms with Crippen LogP contribution in [0, 0.1) is 23.2 Å². The van der Waals surface area contributed by atoms with Crippen molar-refractivity contribution >= 4 is 30.7 Å². The molecule has 0 aromatic heterocycles. The van der Waals surface area contributed by atoms with E-state index < -0.39 is 0 Å². The average molecular weight is 376 g/mol. The Labute approximate surface area is 164 Å². The lowest BCUT2D eigenvalue weighted by Gasteiger charge is -2.13. The molecule has 2 nitrogen and oxygen atoms in total. The summed E-state index contributed by atoms with van der Waals surface area (Å²) in [6, 6.07) is 2.36. The molecule has 0 radical (unpaired) electrons. The molecule has 2 atom stereocenters. The summed E-state index contributed by atoms with van der Waals surface area (Å²) in [6.07, 6.45) is 14.5. The molecule has 0 fully saturated rings. The van der Waals surface area contributed by atoms with Crippen LogP contribution in [0.25, 0.3) is 0 Å². The van der Waals surface area contributed by atoms with Gasteiger partial charge in [0.1, 0.15) is 0 Å². The number of nitrogens with zero attached hydrogens (tertiary/aromatic N) is 1. The molecule has 0 aromatic rings. The van der Waals surface area contributed by atoms with Crippen molar-refractivity contribution in [3.8, 4) is 6.07 Å². The third-order valence-corrected chi connectivity index (χ3v) is 4.50. The number of thiocarbonyl (C=S) groups is 1. The van der Waals surface area contributed by atoms with E-state index in [1.54, 1.807) is 0 Å². The SMILES string of the molecule is CCCCCC(C#N)CCC.CCCCCC(CCC)C(N)=S.[SH3+]. The first kappa shape index (κ1) is 28.5. The van der Waals surface area contributed by atoms with Gasteiger partial charge >= 0.3 is 0 Å². The summed E-state index contributed by atoms with van der Waals surface area (Å²) in [5, 5.41) is 8.71. The van der Waals surface area contributed by atoms with Crippen LogP contribution in [-0.4, -0.2) is 4.99 Å². The van der Waals surface area contributed by atoms with E-state index >= 15 is 0 Å². The van der Waals surface area contributed by atoms with Crippen molar-refractivity contribution in [2.75, 3.05) is 0 Å². The molecule has 0 aromatic carbocycles. The fourth-order valence-corrected chi connectivity index (χ4v) is 2.92. The van der Waals surface area contributed by atoms with Gasteiger partial charge in [-0.1, -0.05) is 105 Å². The largest absolute Gasteiger partial charge is 0.393 e. The number of nitriles is 1. The average Bonchev–Trinajstić information content (AvgIpc) is 2.54. The number of nitrogens with two attached hydrogens (primary N) is 1. The van der Waals surface area contributed by atoms with Gasteiger partial charge in [-0.15, -0.1) is 0 Å². The van der Waals surface area contributed by atoms with Crippen molar-refractivity contribution in [2.24, 2.45) is 17.6 Å². The molecule has 0 saturated carbocycles. The van der Waals surface area contributed by atoms with E-state index in [0.29, 0.717) is 16.8 Å². The van der Waals surface area contributed by atoms with Gasteiger partial charge in [-0.2, -0.15) is 5.26 Å².